The fraction of sp³-hybridized carbons (Fsp3) is 0.286. The Labute approximate surface area is 99.7 Å². The van der Waals surface area contributed by atoms with Crippen LogP contribution in [0.25, 0.3) is 0 Å². The Kier molecular flexibility index (Phi) is 3.03. The minimum Gasteiger partial charge on any atom is -0.466 e. The van der Waals surface area contributed by atoms with Gasteiger partial charge in [-0.05, 0) is 50.1 Å². The molecule has 0 aliphatic heterocycles. The molecule has 0 aliphatic rings. The van der Waals surface area contributed by atoms with Crippen LogP contribution in [0.3, 0.4) is 0 Å². The second-order valence-electron chi connectivity index (χ2n) is 4.33. The molecule has 0 aliphatic carbocycles. The van der Waals surface area contributed by atoms with Gasteiger partial charge in [-0.25, -0.2) is 4.39 Å². The molecule has 90 valence electrons. The highest BCUT2D eigenvalue weighted by atomic mass is 19.1. The van der Waals surface area contributed by atoms with E-state index in [1.165, 1.54) is 12.1 Å². The first-order chi connectivity index (χ1) is 7.97. The molecule has 0 bridgehead atoms. The van der Waals surface area contributed by atoms with E-state index in [1.54, 1.807) is 26.0 Å². The van der Waals surface area contributed by atoms with Crippen LogP contribution in [0.5, 0.6) is 0 Å². The van der Waals surface area contributed by atoms with E-state index in [9.17, 15) is 9.50 Å². The molecule has 0 fully saturated rings. The molecule has 2 aromatic rings. The fourth-order valence-corrected chi connectivity index (χ4v) is 2.02. The van der Waals surface area contributed by atoms with Crippen LogP contribution in [0.15, 0.2) is 28.7 Å². The molecule has 3 heteroatoms. The minimum absolute atomic E-state index is 0.336. The van der Waals surface area contributed by atoms with E-state index in [4.69, 9.17) is 4.42 Å². The lowest BCUT2D eigenvalue weighted by Crippen LogP contribution is -2.01. The molecule has 0 saturated carbocycles. The molecule has 0 saturated heterocycles. The summed E-state index contributed by atoms with van der Waals surface area (Å²) in [4.78, 5) is 0. The van der Waals surface area contributed by atoms with Crippen LogP contribution in [0, 0.1) is 26.6 Å². The maximum atomic E-state index is 13.3. The third-order valence-electron chi connectivity index (χ3n) is 2.75. The lowest BCUT2D eigenvalue weighted by atomic mass is 10.00. The number of halogens is 1. The summed E-state index contributed by atoms with van der Waals surface area (Å²) in [6, 6.07) is 6.33. The van der Waals surface area contributed by atoms with Gasteiger partial charge in [-0.1, -0.05) is 6.07 Å². The Morgan fingerprint density at radius 1 is 1.12 bits per heavy atom. The number of aliphatic hydroxyl groups excluding tert-OH is 1. The lowest BCUT2D eigenvalue weighted by molar-refractivity contribution is 0.217. The maximum absolute atomic E-state index is 13.3. The topological polar surface area (TPSA) is 33.4 Å². The highest BCUT2D eigenvalue weighted by molar-refractivity contribution is 5.34. The van der Waals surface area contributed by atoms with Crippen molar-refractivity contribution in [1.29, 1.82) is 0 Å². The number of hydrogen-bond donors (Lipinski definition) is 1. The molecule has 1 heterocycles. The highest BCUT2D eigenvalue weighted by Crippen LogP contribution is 2.28. The van der Waals surface area contributed by atoms with Crippen molar-refractivity contribution in [2.75, 3.05) is 0 Å². The molecule has 17 heavy (non-hydrogen) atoms. The molecular formula is C14H15FO2. The average Bonchev–Trinajstić information content (AvgIpc) is 2.55. The van der Waals surface area contributed by atoms with Gasteiger partial charge in [0.25, 0.3) is 0 Å². The average molecular weight is 234 g/mol. The first-order valence-corrected chi connectivity index (χ1v) is 5.49. The predicted molar refractivity (Wildman–Crippen MR) is 63.4 cm³/mol. The van der Waals surface area contributed by atoms with Crippen molar-refractivity contribution in [1.82, 2.24) is 0 Å². The number of furan rings is 1. The number of aryl methyl sites for hydroxylation is 3. The standard InChI is InChI=1S/C14H15FO2/c1-8-4-11(7-12(15)5-8)14(16)13-6-9(2)17-10(13)3/h4-7,14,16H,1-3H3. The van der Waals surface area contributed by atoms with Gasteiger partial charge in [0.15, 0.2) is 0 Å². The number of rotatable bonds is 2. The Morgan fingerprint density at radius 3 is 2.35 bits per heavy atom. The zero-order valence-corrected chi connectivity index (χ0v) is 10.1. The van der Waals surface area contributed by atoms with E-state index in [0.717, 1.165) is 11.3 Å². The first kappa shape index (κ1) is 11.9. The van der Waals surface area contributed by atoms with Crippen LogP contribution in [0.2, 0.25) is 0 Å². The summed E-state index contributed by atoms with van der Waals surface area (Å²) in [6.45, 7) is 5.41. The van der Waals surface area contributed by atoms with E-state index in [1.807, 2.05) is 6.92 Å². The van der Waals surface area contributed by atoms with Crippen molar-refractivity contribution in [3.63, 3.8) is 0 Å². The molecule has 1 unspecified atom stereocenters. The quantitative estimate of drug-likeness (QED) is 0.863. The molecule has 0 spiro atoms. The highest BCUT2D eigenvalue weighted by Gasteiger charge is 2.17. The third-order valence-corrected chi connectivity index (χ3v) is 2.75. The van der Waals surface area contributed by atoms with Gasteiger partial charge >= 0.3 is 0 Å². The summed E-state index contributed by atoms with van der Waals surface area (Å²) in [5.41, 5.74) is 2.02. The molecule has 1 aromatic heterocycles. The summed E-state index contributed by atoms with van der Waals surface area (Å²) in [7, 11) is 0. The Bertz CT molecular complexity index is 523. The summed E-state index contributed by atoms with van der Waals surface area (Å²) >= 11 is 0. The Balaban J connectivity index is 2.43. The van der Waals surface area contributed by atoms with Crippen LogP contribution in [0.1, 0.15) is 34.3 Å². The smallest absolute Gasteiger partial charge is 0.123 e. The van der Waals surface area contributed by atoms with Crippen LogP contribution in [-0.2, 0) is 0 Å². The van der Waals surface area contributed by atoms with Crippen molar-refractivity contribution in [2.45, 2.75) is 26.9 Å². The van der Waals surface area contributed by atoms with Gasteiger partial charge in [-0.3, -0.25) is 0 Å². The minimum atomic E-state index is -0.846. The monoisotopic (exact) mass is 234 g/mol. The molecule has 2 nitrogen and oxygen atoms in total. The lowest BCUT2D eigenvalue weighted by Gasteiger charge is -2.11. The van der Waals surface area contributed by atoms with Crippen molar-refractivity contribution < 1.29 is 13.9 Å². The zero-order chi connectivity index (χ0) is 12.6. The summed E-state index contributed by atoms with van der Waals surface area (Å²) < 4.78 is 18.6. The second kappa shape index (κ2) is 4.34. The van der Waals surface area contributed by atoms with Gasteiger partial charge < -0.3 is 9.52 Å². The van der Waals surface area contributed by atoms with Crippen LogP contribution >= 0.6 is 0 Å². The molecule has 2 rings (SSSR count). The van der Waals surface area contributed by atoms with E-state index in [2.05, 4.69) is 0 Å². The van der Waals surface area contributed by atoms with Gasteiger partial charge in [0.1, 0.15) is 23.4 Å². The van der Waals surface area contributed by atoms with Gasteiger partial charge in [-0.2, -0.15) is 0 Å². The molecule has 1 aromatic carbocycles. The largest absolute Gasteiger partial charge is 0.466 e. The summed E-state index contributed by atoms with van der Waals surface area (Å²) in [5.74, 6) is 1.07. The molecule has 1 atom stereocenters. The molecular weight excluding hydrogens is 219 g/mol. The van der Waals surface area contributed by atoms with Crippen molar-refractivity contribution >= 4 is 0 Å². The number of hydrogen-bond acceptors (Lipinski definition) is 2. The van der Waals surface area contributed by atoms with E-state index in [-0.39, 0.29) is 5.82 Å². The first-order valence-electron chi connectivity index (χ1n) is 5.49. The predicted octanol–water partition coefficient (Wildman–Crippen LogP) is 3.43. The fourth-order valence-electron chi connectivity index (χ4n) is 2.02. The number of benzene rings is 1. The second-order valence-corrected chi connectivity index (χ2v) is 4.33. The van der Waals surface area contributed by atoms with Crippen molar-refractivity contribution in [3.8, 4) is 0 Å². The summed E-state index contributed by atoms with van der Waals surface area (Å²) in [6.07, 6.45) is -0.846. The molecule has 0 amide bonds. The molecule has 0 radical (unpaired) electrons. The Morgan fingerprint density at radius 2 is 1.82 bits per heavy atom. The van der Waals surface area contributed by atoms with Crippen LogP contribution < -0.4 is 0 Å². The van der Waals surface area contributed by atoms with Gasteiger partial charge in [0.2, 0.25) is 0 Å². The van der Waals surface area contributed by atoms with Crippen LogP contribution in [0.4, 0.5) is 4.39 Å². The van der Waals surface area contributed by atoms with Crippen LogP contribution in [-0.4, -0.2) is 5.11 Å². The molecule has 1 N–H and O–H groups in total. The van der Waals surface area contributed by atoms with Gasteiger partial charge in [0, 0.05) is 5.56 Å². The van der Waals surface area contributed by atoms with Gasteiger partial charge in [-0.15, -0.1) is 0 Å². The maximum Gasteiger partial charge on any atom is 0.123 e. The normalized spacial score (nSPS) is 12.8. The SMILES string of the molecule is Cc1cc(F)cc(C(O)c2cc(C)oc2C)c1. The zero-order valence-electron chi connectivity index (χ0n) is 10.1. The van der Waals surface area contributed by atoms with E-state index < -0.39 is 6.10 Å². The third kappa shape index (κ3) is 2.39. The van der Waals surface area contributed by atoms with E-state index in [0.29, 0.717) is 16.9 Å². The summed E-state index contributed by atoms with van der Waals surface area (Å²) in [5, 5.41) is 10.2. The number of aliphatic hydroxyl groups is 1. The van der Waals surface area contributed by atoms with Crippen molar-refractivity contribution in [3.05, 3.63) is 58.3 Å². The van der Waals surface area contributed by atoms with Crippen molar-refractivity contribution in [2.24, 2.45) is 0 Å². The van der Waals surface area contributed by atoms with E-state index >= 15 is 0 Å². The Hall–Kier alpha value is -1.61. The van der Waals surface area contributed by atoms with Gasteiger partial charge in [0.05, 0.1) is 0 Å².